The predicted octanol–water partition coefficient (Wildman–Crippen LogP) is 3.43. The average molecular weight is 489 g/mol. The highest BCUT2D eigenvalue weighted by atomic mass is 16.6. The Balaban J connectivity index is 1.50. The molecule has 0 heterocycles. The number of hydrogen-bond donors (Lipinski definition) is 2. The second-order valence-electron chi connectivity index (χ2n) is 8.16. The number of ether oxygens (including phenoxy) is 3. The van der Waals surface area contributed by atoms with E-state index in [9.17, 15) is 14.4 Å². The van der Waals surface area contributed by atoms with Crippen LogP contribution < -0.4 is 16.2 Å². The second-order valence-corrected chi connectivity index (χ2v) is 8.16. The van der Waals surface area contributed by atoms with Crippen LogP contribution in [0, 0.1) is 0 Å². The first-order chi connectivity index (χ1) is 17.2. The summed E-state index contributed by atoms with van der Waals surface area (Å²) in [4.78, 5) is 35.5. The summed E-state index contributed by atoms with van der Waals surface area (Å²) in [6.07, 6.45) is 6.59. The van der Waals surface area contributed by atoms with Gasteiger partial charge in [0.25, 0.3) is 0 Å². The van der Waals surface area contributed by atoms with E-state index in [4.69, 9.17) is 25.7 Å². The van der Waals surface area contributed by atoms with E-state index in [0.29, 0.717) is 23.4 Å². The van der Waals surface area contributed by atoms with Crippen LogP contribution in [0.5, 0.6) is 5.75 Å². The molecule has 0 saturated carbocycles. The van der Waals surface area contributed by atoms with Gasteiger partial charge in [0.1, 0.15) is 19.0 Å². The summed E-state index contributed by atoms with van der Waals surface area (Å²) in [6, 6.07) is 14.4. The summed E-state index contributed by atoms with van der Waals surface area (Å²) in [5, 5.41) is 0. The number of carbonyl (C=O) groups excluding carboxylic acids is 3. The van der Waals surface area contributed by atoms with Gasteiger partial charge < -0.3 is 25.7 Å². The highest BCUT2D eigenvalue weighted by molar-refractivity contribution is 5.91. The zero-order valence-corrected chi connectivity index (χ0v) is 19.9. The lowest BCUT2D eigenvalue weighted by Crippen LogP contribution is -2.26. The van der Waals surface area contributed by atoms with Crippen LogP contribution in [0.3, 0.4) is 0 Å². The van der Waals surface area contributed by atoms with Crippen molar-refractivity contribution >= 4 is 24.0 Å². The molecule has 0 spiro atoms. The van der Waals surface area contributed by atoms with Crippen molar-refractivity contribution in [3.05, 3.63) is 95.7 Å². The lowest BCUT2D eigenvalue weighted by Gasteiger charge is -2.16. The van der Waals surface area contributed by atoms with E-state index in [0.717, 1.165) is 16.7 Å². The van der Waals surface area contributed by atoms with Crippen molar-refractivity contribution in [3.8, 4) is 16.9 Å². The van der Waals surface area contributed by atoms with Crippen LogP contribution in [0.2, 0.25) is 0 Å². The third kappa shape index (κ3) is 7.82. The van der Waals surface area contributed by atoms with Crippen molar-refractivity contribution in [2.45, 2.75) is 19.4 Å². The van der Waals surface area contributed by atoms with Crippen molar-refractivity contribution in [3.63, 3.8) is 0 Å². The molecule has 2 aromatic rings. The summed E-state index contributed by atoms with van der Waals surface area (Å²) < 4.78 is 15.3. The Morgan fingerprint density at radius 1 is 1.00 bits per heavy atom. The second kappa shape index (κ2) is 12.3. The van der Waals surface area contributed by atoms with Gasteiger partial charge in [-0.25, -0.2) is 14.4 Å². The highest BCUT2D eigenvalue weighted by Crippen LogP contribution is 2.24. The Labute approximate surface area is 209 Å². The minimum absolute atomic E-state index is 0.0318. The lowest BCUT2D eigenvalue weighted by atomic mass is 9.99. The molecule has 0 fully saturated rings. The van der Waals surface area contributed by atoms with Gasteiger partial charge in [-0.1, -0.05) is 43.0 Å². The normalized spacial score (nSPS) is 15.0. The van der Waals surface area contributed by atoms with Crippen LogP contribution in [0.15, 0.2) is 90.2 Å². The van der Waals surface area contributed by atoms with Crippen molar-refractivity contribution in [1.82, 2.24) is 0 Å². The Hall–Kier alpha value is -4.43. The number of carbonyl (C=O) groups is 3. The Bertz CT molecular complexity index is 1220. The molecule has 1 unspecified atom stereocenters. The number of allylic oxidation sites excluding steroid dienone is 1. The van der Waals surface area contributed by atoms with Gasteiger partial charge in [-0.3, -0.25) is 0 Å². The van der Waals surface area contributed by atoms with Gasteiger partial charge in [0.2, 0.25) is 0 Å². The molecule has 2 aromatic carbocycles. The van der Waals surface area contributed by atoms with Crippen molar-refractivity contribution < 1.29 is 28.6 Å². The Morgan fingerprint density at radius 3 is 2.22 bits per heavy atom. The first-order valence-corrected chi connectivity index (χ1v) is 11.2. The van der Waals surface area contributed by atoms with Gasteiger partial charge in [0.05, 0.1) is 0 Å². The summed E-state index contributed by atoms with van der Waals surface area (Å²) in [6.45, 7) is 4.94. The standard InChI is InChI=1S/C28H28N2O6/c1-18(2)27(32)35-14-13-34-26(31)12-5-19-3-6-20(7-4-19)21-8-10-25(11-9-21)36-28(33)22-15-23(29)17-24(30)16-22/h3-12,15,17,24H,1,13-14,16,29-30H2,2H3/b12-5+. The molecular formula is C28H28N2O6. The topological polar surface area (TPSA) is 131 Å². The maximum Gasteiger partial charge on any atom is 0.339 e. The fourth-order valence-electron chi connectivity index (χ4n) is 3.30. The van der Waals surface area contributed by atoms with E-state index in [1.54, 1.807) is 30.4 Å². The third-order valence-corrected chi connectivity index (χ3v) is 5.10. The summed E-state index contributed by atoms with van der Waals surface area (Å²) in [5.74, 6) is -1.13. The monoisotopic (exact) mass is 488 g/mol. The minimum atomic E-state index is -0.541. The molecule has 0 aliphatic heterocycles. The molecule has 1 atom stereocenters. The number of nitrogens with two attached hydrogens (primary N) is 2. The number of benzene rings is 2. The fraction of sp³-hybridized carbons (Fsp3) is 0.179. The largest absolute Gasteiger partial charge is 0.459 e. The van der Waals surface area contributed by atoms with E-state index in [1.807, 2.05) is 36.4 Å². The molecule has 1 aliphatic carbocycles. The first-order valence-electron chi connectivity index (χ1n) is 11.2. The van der Waals surface area contributed by atoms with Gasteiger partial charge in [0, 0.05) is 29.0 Å². The summed E-state index contributed by atoms with van der Waals surface area (Å²) in [5.41, 5.74) is 15.5. The van der Waals surface area contributed by atoms with Gasteiger partial charge in [-0.2, -0.15) is 0 Å². The Morgan fingerprint density at radius 2 is 1.61 bits per heavy atom. The molecule has 4 N–H and O–H groups in total. The van der Waals surface area contributed by atoms with Crippen LogP contribution in [-0.2, 0) is 23.9 Å². The number of hydrogen-bond acceptors (Lipinski definition) is 8. The number of rotatable bonds is 9. The van der Waals surface area contributed by atoms with Crippen molar-refractivity contribution in [2.24, 2.45) is 11.5 Å². The zero-order valence-electron chi connectivity index (χ0n) is 19.9. The first kappa shape index (κ1) is 26.2. The van der Waals surface area contributed by atoms with Gasteiger partial charge in [0.15, 0.2) is 0 Å². The lowest BCUT2D eigenvalue weighted by molar-refractivity contribution is -0.146. The molecule has 0 saturated heterocycles. The molecule has 0 aromatic heterocycles. The van der Waals surface area contributed by atoms with Gasteiger partial charge in [-0.15, -0.1) is 0 Å². The predicted molar refractivity (Wildman–Crippen MR) is 136 cm³/mol. The fourth-order valence-corrected chi connectivity index (χ4v) is 3.30. The highest BCUT2D eigenvalue weighted by Gasteiger charge is 2.18. The van der Waals surface area contributed by atoms with Crippen molar-refractivity contribution in [2.75, 3.05) is 13.2 Å². The molecule has 186 valence electrons. The average Bonchev–Trinajstić information content (AvgIpc) is 2.85. The Kier molecular flexibility index (Phi) is 8.96. The van der Waals surface area contributed by atoms with E-state index >= 15 is 0 Å². The van der Waals surface area contributed by atoms with E-state index in [1.165, 1.54) is 13.0 Å². The SMILES string of the molecule is C=C(C)C(=O)OCCOC(=O)/C=C/c1ccc(-c2ccc(OC(=O)C3=CC(N)=CC(N)C3)cc2)cc1. The minimum Gasteiger partial charge on any atom is -0.459 e. The molecule has 1 aliphatic rings. The molecule has 36 heavy (non-hydrogen) atoms. The van der Waals surface area contributed by atoms with Crippen LogP contribution in [-0.4, -0.2) is 37.2 Å². The molecule has 8 nitrogen and oxygen atoms in total. The van der Waals surface area contributed by atoms with Crippen molar-refractivity contribution in [1.29, 1.82) is 0 Å². The molecule has 8 heteroatoms. The van der Waals surface area contributed by atoms with Crippen LogP contribution in [0.4, 0.5) is 0 Å². The van der Waals surface area contributed by atoms with E-state index in [-0.39, 0.29) is 24.8 Å². The van der Waals surface area contributed by atoms with Gasteiger partial charge >= 0.3 is 17.9 Å². The number of esters is 3. The summed E-state index contributed by atoms with van der Waals surface area (Å²) in [7, 11) is 0. The molecule has 0 radical (unpaired) electrons. The van der Waals surface area contributed by atoms with Crippen LogP contribution in [0.25, 0.3) is 17.2 Å². The quantitative estimate of drug-likeness (QED) is 0.238. The molecule has 0 bridgehead atoms. The molecule has 3 rings (SSSR count). The molecular weight excluding hydrogens is 460 g/mol. The van der Waals surface area contributed by atoms with E-state index in [2.05, 4.69) is 6.58 Å². The van der Waals surface area contributed by atoms with Crippen LogP contribution >= 0.6 is 0 Å². The smallest absolute Gasteiger partial charge is 0.339 e. The maximum atomic E-state index is 12.4. The zero-order chi connectivity index (χ0) is 26.1. The third-order valence-electron chi connectivity index (χ3n) is 5.10. The van der Waals surface area contributed by atoms with Gasteiger partial charge in [-0.05, 0) is 60.4 Å². The summed E-state index contributed by atoms with van der Waals surface area (Å²) >= 11 is 0. The molecule has 0 amide bonds. The van der Waals surface area contributed by atoms with Crippen LogP contribution in [0.1, 0.15) is 18.9 Å². The maximum absolute atomic E-state index is 12.4. The van der Waals surface area contributed by atoms with E-state index < -0.39 is 17.9 Å².